The highest BCUT2D eigenvalue weighted by Crippen LogP contribution is 2.24. The number of hydrogen-bond donors (Lipinski definition) is 4. The van der Waals surface area contributed by atoms with Gasteiger partial charge in [-0.25, -0.2) is 19.2 Å². The van der Waals surface area contributed by atoms with Gasteiger partial charge in [-0.1, -0.05) is 78.9 Å². The van der Waals surface area contributed by atoms with Crippen LogP contribution < -0.4 is 22.1 Å². The van der Waals surface area contributed by atoms with Gasteiger partial charge in [0.15, 0.2) is 0 Å². The Bertz CT molecular complexity index is 1790. The molecule has 306 valence electrons. The van der Waals surface area contributed by atoms with Gasteiger partial charge >= 0.3 is 24.2 Å². The van der Waals surface area contributed by atoms with Gasteiger partial charge < -0.3 is 60.6 Å². The summed E-state index contributed by atoms with van der Waals surface area (Å²) in [5, 5.41) is 5.89. The van der Waals surface area contributed by atoms with Crippen LogP contribution in [-0.4, -0.2) is 128 Å². The largest absolute Gasteiger partial charge is 0.447 e. The fraction of sp³-hybridized carbons (Fsp3) is 0.463. The summed E-state index contributed by atoms with van der Waals surface area (Å²) in [4.78, 5) is 58.9. The van der Waals surface area contributed by atoms with Crippen LogP contribution in [0, 0.1) is 0 Å². The number of urea groups is 2. The molecule has 0 aromatic heterocycles. The summed E-state index contributed by atoms with van der Waals surface area (Å²) in [6, 6.07) is 24.7. The highest BCUT2D eigenvalue weighted by molar-refractivity contribution is 5.75. The third-order valence-corrected chi connectivity index (χ3v) is 10.4. The van der Waals surface area contributed by atoms with Gasteiger partial charge in [-0.15, -0.1) is 0 Å². The molecule has 3 aromatic rings. The minimum atomic E-state index is -0.716. The number of rotatable bonds is 12. The van der Waals surface area contributed by atoms with Crippen molar-refractivity contribution in [2.24, 2.45) is 11.5 Å². The Kier molecular flexibility index (Phi) is 14.9. The van der Waals surface area contributed by atoms with E-state index in [1.807, 2.05) is 78.9 Å². The van der Waals surface area contributed by atoms with Crippen molar-refractivity contribution in [2.75, 3.05) is 65.6 Å². The van der Waals surface area contributed by atoms with Crippen molar-refractivity contribution in [3.05, 3.63) is 107 Å². The number of carbonyl (C=O) groups excluding carboxylic acids is 4. The zero-order valence-electron chi connectivity index (χ0n) is 32.3. The molecule has 57 heavy (non-hydrogen) atoms. The van der Waals surface area contributed by atoms with Gasteiger partial charge in [-0.2, -0.15) is 0 Å². The van der Waals surface area contributed by atoms with Gasteiger partial charge in [0.25, 0.3) is 0 Å². The van der Waals surface area contributed by atoms with Crippen LogP contribution in [0.1, 0.15) is 34.2 Å². The summed E-state index contributed by atoms with van der Waals surface area (Å²) >= 11 is 0. The van der Waals surface area contributed by atoms with Crippen molar-refractivity contribution in [3.63, 3.8) is 0 Å². The zero-order chi connectivity index (χ0) is 40.0. The second-order valence-electron chi connectivity index (χ2n) is 14.3. The van der Waals surface area contributed by atoms with Crippen LogP contribution in [0.2, 0.25) is 0 Å². The number of benzene rings is 3. The van der Waals surface area contributed by atoms with Crippen LogP contribution in [0.25, 0.3) is 0 Å². The topological polar surface area (TPSA) is 194 Å². The van der Waals surface area contributed by atoms with E-state index in [-0.39, 0.29) is 31.9 Å². The SMILES string of the molecule is NCc1cccc(CNC(=O)N2CCN(C(=O)OC[C@H]3OCC[C@@H](OC(=O)N4CCN(C(=O)NCc5cccc(CN)c5)CC4)[C@@H]3OCc3ccccc3)CC2)c1. The van der Waals surface area contributed by atoms with Crippen molar-refractivity contribution in [3.8, 4) is 0 Å². The number of nitrogens with zero attached hydrogens (tertiary/aromatic N) is 4. The Morgan fingerprint density at radius 1 is 0.632 bits per heavy atom. The van der Waals surface area contributed by atoms with Crippen LogP contribution in [0.5, 0.6) is 0 Å². The number of nitrogens with two attached hydrogens (primary N) is 2. The lowest BCUT2D eigenvalue weighted by molar-refractivity contribution is -0.178. The molecule has 6 amide bonds. The second kappa shape index (κ2) is 20.7. The third-order valence-electron chi connectivity index (χ3n) is 10.4. The van der Waals surface area contributed by atoms with Gasteiger partial charge in [0, 0.05) is 85.0 Å². The molecule has 0 aliphatic carbocycles. The van der Waals surface area contributed by atoms with Gasteiger partial charge in [-0.05, 0) is 27.8 Å². The van der Waals surface area contributed by atoms with Crippen LogP contribution in [0.4, 0.5) is 19.2 Å². The number of ether oxygens (including phenoxy) is 4. The molecule has 3 heterocycles. The fourth-order valence-electron chi connectivity index (χ4n) is 7.03. The summed E-state index contributed by atoms with van der Waals surface area (Å²) in [6.45, 7) is 4.67. The van der Waals surface area contributed by atoms with Crippen molar-refractivity contribution in [1.82, 2.24) is 30.2 Å². The first-order chi connectivity index (χ1) is 27.8. The molecule has 3 aromatic carbocycles. The number of nitrogens with one attached hydrogen (secondary N) is 2. The molecular formula is C41H54N8O8. The van der Waals surface area contributed by atoms with Crippen LogP contribution in [0.15, 0.2) is 78.9 Å². The van der Waals surface area contributed by atoms with Crippen molar-refractivity contribution in [2.45, 2.75) is 57.5 Å². The molecule has 6 rings (SSSR count). The molecule has 3 fully saturated rings. The summed E-state index contributed by atoms with van der Waals surface area (Å²) < 4.78 is 24.2. The highest BCUT2D eigenvalue weighted by Gasteiger charge is 2.40. The quantitative estimate of drug-likeness (QED) is 0.212. The van der Waals surface area contributed by atoms with E-state index >= 15 is 0 Å². The van der Waals surface area contributed by atoms with Crippen molar-refractivity contribution >= 4 is 24.2 Å². The molecule has 16 nitrogen and oxygen atoms in total. The normalized spacial score (nSPS) is 19.8. The Hall–Kier alpha value is -5.42. The number of hydrogen-bond acceptors (Lipinski definition) is 10. The Labute approximate surface area is 333 Å². The Morgan fingerprint density at radius 2 is 1.12 bits per heavy atom. The first-order valence-corrected chi connectivity index (χ1v) is 19.6. The lowest BCUT2D eigenvalue weighted by Gasteiger charge is -2.39. The average molecular weight is 787 g/mol. The minimum Gasteiger partial charge on any atom is -0.447 e. The van der Waals surface area contributed by atoms with Gasteiger partial charge in [0.1, 0.15) is 24.9 Å². The lowest BCUT2D eigenvalue weighted by Crippen LogP contribution is -2.56. The predicted octanol–water partition coefficient (Wildman–Crippen LogP) is 2.97. The molecule has 16 heteroatoms. The van der Waals surface area contributed by atoms with E-state index < -0.39 is 30.5 Å². The summed E-state index contributed by atoms with van der Waals surface area (Å²) in [7, 11) is 0. The Balaban J connectivity index is 0.972. The lowest BCUT2D eigenvalue weighted by atomic mass is 10.0. The Morgan fingerprint density at radius 3 is 1.67 bits per heavy atom. The van der Waals surface area contributed by atoms with E-state index in [9.17, 15) is 19.2 Å². The summed E-state index contributed by atoms with van der Waals surface area (Å²) in [6.07, 6.45) is -2.71. The first-order valence-electron chi connectivity index (χ1n) is 19.6. The van der Waals surface area contributed by atoms with E-state index in [4.69, 9.17) is 30.4 Å². The van der Waals surface area contributed by atoms with Crippen LogP contribution >= 0.6 is 0 Å². The van der Waals surface area contributed by atoms with Crippen LogP contribution in [0.3, 0.4) is 0 Å². The predicted molar refractivity (Wildman–Crippen MR) is 210 cm³/mol. The second-order valence-corrected chi connectivity index (χ2v) is 14.3. The number of carbonyl (C=O) groups is 4. The zero-order valence-corrected chi connectivity index (χ0v) is 32.3. The van der Waals surface area contributed by atoms with E-state index in [0.717, 1.165) is 27.8 Å². The molecular weight excluding hydrogens is 732 g/mol. The van der Waals surface area contributed by atoms with Crippen molar-refractivity contribution in [1.29, 1.82) is 0 Å². The highest BCUT2D eigenvalue weighted by atomic mass is 16.6. The molecule has 3 saturated heterocycles. The summed E-state index contributed by atoms with van der Waals surface area (Å²) in [5.41, 5.74) is 16.3. The van der Waals surface area contributed by atoms with E-state index in [0.29, 0.717) is 85.0 Å². The van der Waals surface area contributed by atoms with Gasteiger partial charge in [0.05, 0.1) is 13.2 Å². The van der Waals surface area contributed by atoms with E-state index in [1.165, 1.54) is 0 Å². The number of piperazine rings is 2. The molecule has 0 spiro atoms. The van der Waals surface area contributed by atoms with E-state index in [2.05, 4.69) is 10.6 Å². The molecule has 3 aliphatic rings. The minimum absolute atomic E-state index is 0.112. The smallest absolute Gasteiger partial charge is 0.410 e. The molecule has 0 radical (unpaired) electrons. The molecule has 3 atom stereocenters. The number of amides is 6. The van der Waals surface area contributed by atoms with E-state index in [1.54, 1.807) is 19.6 Å². The molecule has 0 saturated carbocycles. The molecule has 0 bridgehead atoms. The maximum atomic E-state index is 13.5. The van der Waals surface area contributed by atoms with Gasteiger partial charge in [0.2, 0.25) is 0 Å². The molecule has 3 aliphatic heterocycles. The third kappa shape index (κ3) is 11.8. The van der Waals surface area contributed by atoms with Crippen molar-refractivity contribution < 1.29 is 38.1 Å². The van der Waals surface area contributed by atoms with Crippen LogP contribution in [-0.2, 0) is 51.7 Å². The standard InChI is InChI=1S/C41H54N8O8/c42-24-31-8-4-10-33(22-31)26-44-38(50)46-13-17-48(18-14-46)40(52)56-29-36-37(55-28-30-6-2-1-3-7-30)35(12-21-54-36)57-41(53)49-19-15-47(16-20-49)39(51)45-27-34-11-5-9-32(23-34)25-43/h1-11,22-23,35-37H,12-21,24-29,42-43H2,(H,44,50)(H,45,51)/t35-,36-,37+/m1/s1. The monoisotopic (exact) mass is 786 g/mol. The van der Waals surface area contributed by atoms with Gasteiger partial charge in [-0.3, -0.25) is 0 Å². The maximum absolute atomic E-state index is 13.5. The first kappa shape index (κ1) is 41.2. The fourth-order valence-corrected chi connectivity index (χ4v) is 7.03. The average Bonchev–Trinajstić information content (AvgIpc) is 3.26. The molecule has 6 N–H and O–H groups in total. The maximum Gasteiger partial charge on any atom is 0.410 e. The molecule has 0 unspecified atom stereocenters. The summed E-state index contributed by atoms with van der Waals surface area (Å²) in [5.74, 6) is 0.